The number of hydrogen-bond donors (Lipinski definition) is 0. The molecular formula is C19H24N4O4S. The minimum Gasteiger partial charge on any atom is -0.497 e. The van der Waals surface area contributed by atoms with Crippen molar-refractivity contribution in [1.29, 1.82) is 0 Å². The number of carbonyl (C=O) groups is 1. The molecule has 2 aromatic rings. The number of hydrogen-bond acceptors (Lipinski definition) is 5. The number of nitrogens with zero attached hydrogens (tertiary/aromatic N) is 4. The van der Waals surface area contributed by atoms with E-state index in [0.29, 0.717) is 24.5 Å². The Kier molecular flexibility index (Phi) is 5.11. The molecule has 0 N–H and O–H groups in total. The largest absolute Gasteiger partial charge is 0.497 e. The number of ether oxygens (including phenoxy) is 1. The third-order valence-corrected chi connectivity index (χ3v) is 7.27. The van der Waals surface area contributed by atoms with Crippen molar-refractivity contribution in [3.63, 3.8) is 0 Å². The maximum Gasteiger partial charge on any atom is 0.274 e. The zero-order valence-corrected chi connectivity index (χ0v) is 16.7. The van der Waals surface area contributed by atoms with Gasteiger partial charge >= 0.3 is 0 Å². The molecule has 1 amide bonds. The van der Waals surface area contributed by atoms with Gasteiger partial charge in [0, 0.05) is 38.4 Å². The smallest absolute Gasteiger partial charge is 0.274 e. The summed E-state index contributed by atoms with van der Waals surface area (Å²) in [6.45, 7) is 2.12. The lowest BCUT2D eigenvalue weighted by Gasteiger charge is -2.33. The standard InChI is InChI=1S/C19H24N4O4S/c1-27-16-5-7-17(8-6-16)28(25,26)22-12-10-21(11-13-22)19(24)18-14-15-4-2-3-9-23(15)20-18/h5-8,14H,2-4,9-13H2,1H3. The summed E-state index contributed by atoms with van der Waals surface area (Å²) < 4.78 is 34.1. The van der Waals surface area contributed by atoms with E-state index in [1.54, 1.807) is 29.2 Å². The van der Waals surface area contributed by atoms with E-state index in [1.165, 1.54) is 11.4 Å². The van der Waals surface area contributed by atoms with Crippen molar-refractivity contribution in [2.24, 2.45) is 0 Å². The maximum atomic E-state index is 12.8. The summed E-state index contributed by atoms with van der Waals surface area (Å²) in [6.07, 6.45) is 3.17. The van der Waals surface area contributed by atoms with Crippen LogP contribution in [0.1, 0.15) is 29.0 Å². The molecule has 0 radical (unpaired) electrons. The summed E-state index contributed by atoms with van der Waals surface area (Å²) in [6, 6.07) is 8.23. The first kappa shape index (κ1) is 18.9. The van der Waals surface area contributed by atoms with Gasteiger partial charge in [0.25, 0.3) is 5.91 Å². The van der Waals surface area contributed by atoms with Gasteiger partial charge in [-0.05, 0) is 49.6 Å². The van der Waals surface area contributed by atoms with Gasteiger partial charge < -0.3 is 9.64 Å². The van der Waals surface area contributed by atoms with Crippen LogP contribution < -0.4 is 4.74 Å². The van der Waals surface area contributed by atoms with E-state index in [-0.39, 0.29) is 23.9 Å². The minimum absolute atomic E-state index is 0.122. The van der Waals surface area contributed by atoms with Gasteiger partial charge in [0.2, 0.25) is 10.0 Å². The number of rotatable bonds is 4. The van der Waals surface area contributed by atoms with Gasteiger partial charge in [-0.25, -0.2) is 8.42 Å². The van der Waals surface area contributed by atoms with Crippen molar-refractivity contribution in [3.05, 3.63) is 41.7 Å². The molecule has 0 bridgehead atoms. The van der Waals surface area contributed by atoms with Gasteiger partial charge in [0.1, 0.15) is 5.75 Å². The third kappa shape index (κ3) is 3.51. The van der Waals surface area contributed by atoms with Crippen LogP contribution in [0.3, 0.4) is 0 Å². The molecule has 2 aliphatic rings. The first-order chi connectivity index (χ1) is 13.5. The average Bonchev–Trinajstić information content (AvgIpc) is 3.17. The van der Waals surface area contributed by atoms with Gasteiger partial charge in [-0.2, -0.15) is 9.40 Å². The van der Waals surface area contributed by atoms with Crippen LogP contribution >= 0.6 is 0 Å². The molecule has 9 heteroatoms. The van der Waals surface area contributed by atoms with E-state index < -0.39 is 10.0 Å². The van der Waals surface area contributed by atoms with Crippen LogP contribution in [0.15, 0.2) is 35.2 Å². The molecule has 1 aromatic carbocycles. The average molecular weight is 404 g/mol. The highest BCUT2D eigenvalue weighted by molar-refractivity contribution is 7.89. The number of piperazine rings is 1. The Morgan fingerprint density at radius 3 is 2.39 bits per heavy atom. The predicted octanol–water partition coefficient (Wildman–Crippen LogP) is 1.37. The highest BCUT2D eigenvalue weighted by atomic mass is 32.2. The van der Waals surface area contributed by atoms with Gasteiger partial charge in [-0.1, -0.05) is 0 Å². The fraction of sp³-hybridized carbons (Fsp3) is 0.474. The Hall–Kier alpha value is -2.39. The minimum atomic E-state index is -3.58. The first-order valence-electron chi connectivity index (χ1n) is 9.49. The van der Waals surface area contributed by atoms with E-state index in [2.05, 4.69) is 5.10 Å². The van der Waals surface area contributed by atoms with Crippen molar-refractivity contribution in [3.8, 4) is 5.75 Å². The quantitative estimate of drug-likeness (QED) is 0.769. The molecule has 0 atom stereocenters. The Morgan fingerprint density at radius 1 is 1.04 bits per heavy atom. The predicted molar refractivity (Wildman–Crippen MR) is 103 cm³/mol. The number of amides is 1. The Balaban J connectivity index is 1.42. The third-order valence-electron chi connectivity index (χ3n) is 5.36. The lowest BCUT2D eigenvalue weighted by Crippen LogP contribution is -2.50. The molecule has 0 unspecified atom stereocenters. The van der Waals surface area contributed by atoms with E-state index in [4.69, 9.17) is 4.74 Å². The van der Waals surface area contributed by atoms with Crippen LogP contribution in [0, 0.1) is 0 Å². The summed E-state index contributed by atoms with van der Waals surface area (Å²) in [4.78, 5) is 14.7. The van der Waals surface area contributed by atoms with Crippen LogP contribution in [0.4, 0.5) is 0 Å². The highest BCUT2D eigenvalue weighted by Gasteiger charge is 2.31. The van der Waals surface area contributed by atoms with E-state index in [0.717, 1.165) is 31.5 Å². The fourth-order valence-corrected chi connectivity index (χ4v) is 5.13. The van der Waals surface area contributed by atoms with Crippen molar-refractivity contribution >= 4 is 15.9 Å². The summed E-state index contributed by atoms with van der Waals surface area (Å²) >= 11 is 0. The molecule has 150 valence electrons. The van der Waals surface area contributed by atoms with Gasteiger partial charge in [-0.3, -0.25) is 9.48 Å². The van der Waals surface area contributed by atoms with Crippen molar-refractivity contribution in [2.75, 3.05) is 33.3 Å². The molecular weight excluding hydrogens is 380 g/mol. The SMILES string of the molecule is COc1ccc(S(=O)(=O)N2CCN(C(=O)c3cc4n(n3)CCCC4)CC2)cc1. The Labute approximate surface area is 164 Å². The number of fused-ring (bicyclic) bond motifs is 1. The van der Waals surface area contributed by atoms with Crippen LogP contribution in [0.5, 0.6) is 5.75 Å². The number of benzene rings is 1. The first-order valence-corrected chi connectivity index (χ1v) is 10.9. The second-order valence-corrected chi connectivity index (χ2v) is 9.01. The second-order valence-electron chi connectivity index (χ2n) is 7.07. The molecule has 28 heavy (non-hydrogen) atoms. The molecule has 1 aromatic heterocycles. The summed E-state index contributed by atoms with van der Waals surface area (Å²) in [7, 11) is -2.05. The molecule has 2 aliphatic heterocycles. The summed E-state index contributed by atoms with van der Waals surface area (Å²) in [5.41, 5.74) is 1.57. The Morgan fingerprint density at radius 2 is 1.75 bits per heavy atom. The topological polar surface area (TPSA) is 84.7 Å². The zero-order valence-electron chi connectivity index (χ0n) is 15.9. The molecule has 1 saturated heterocycles. The van der Waals surface area contributed by atoms with Crippen molar-refractivity contribution in [1.82, 2.24) is 19.0 Å². The maximum absolute atomic E-state index is 12.8. The number of sulfonamides is 1. The molecule has 0 aliphatic carbocycles. The molecule has 1 fully saturated rings. The van der Waals surface area contributed by atoms with Gasteiger partial charge in [0.15, 0.2) is 5.69 Å². The van der Waals surface area contributed by atoms with E-state index in [9.17, 15) is 13.2 Å². The number of aromatic nitrogens is 2. The summed E-state index contributed by atoms with van der Waals surface area (Å²) in [5.74, 6) is 0.487. The second kappa shape index (κ2) is 7.56. The van der Waals surface area contributed by atoms with Gasteiger partial charge in [0.05, 0.1) is 12.0 Å². The molecule has 3 heterocycles. The molecule has 8 nitrogen and oxygen atoms in total. The van der Waals surface area contributed by atoms with Crippen LogP contribution in [-0.4, -0.2) is 66.6 Å². The van der Waals surface area contributed by atoms with Crippen LogP contribution in [0.2, 0.25) is 0 Å². The fourth-order valence-electron chi connectivity index (χ4n) is 3.71. The zero-order chi connectivity index (χ0) is 19.7. The summed E-state index contributed by atoms with van der Waals surface area (Å²) in [5, 5.41) is 4.44. The lowest BCUT2D eigenvalue weighted by atomic mass is 10.1. The van der Waals surface area contributed by atoms with Crippen LogP contribution in [0.25, 0.3) is 0 Å². The number of aryl methyl sites for hydroxylation is 2. The molecule has 0 saturated carbocycles. The molecule has 4 rings (SSSR count). The van der Waals surface area contributed by atoms with E-state index >= 15 is 0 Å². The molecule has 0 spiro atoms. The monoisotopic (exact) mass is 404 g/mol. The lowest BCUT2D eigenvalue weighted by molar-refractivity contribution is 0.0691. The highest BCUT2D eigenvalue weighted by Crippen LogP contribution is 2.22. The van der Waals surface area contributed by atoms with Crippen molar-refractivity contribution < 1.29 is 17.9 Å². The van der Waals surface area contributed by atoms with E-state index in [1.807, 2.05) is 10.7 Å². The van der Waals surface area contributed by atoms with Crippen LogP contribution in [-0.2, 0) is 23.0 Å². The van der Waals surface area contributed by atoms with Crippen molar-refractivity contribution in [2.45, 2.75) is 30.7 Å². The Bertz CT molecular complexity index is 937. The number of carbonyl (C=O) groups excluding carboxylic acids is 1. The van der Waals surface area contributed by atoms with Gasteiger partial charge in [-0.15, -0.1) is 0 Å². The normalized spacial score (nSPS) is 18.0. The number of methoxy groups -OCH3 is 1.